The van der Waals surface area contributed by atoms with E-state index in [1.165, 1.54) is 6.07 Å². The van der Waals surface area contributed by atoms with Gasteiger partial charge in [-0.05, 0) is 36.6 Å². The number of hydrogen-bond acceptors (Lipinski definition) is 3. The fourth-order valence-electron chi connectivity index (χ4n) is 3.23. The van der Waals surface area contributed by atoms with E-state index in [-0.39, 0.29) is 24.1 Å². The Morgan fingerprint density at radius 3 is 2.82 bits per heavy atom. The fraction of sp³-hybridized carbons (Fsp3) is 0.588. The second kappa shape index (κ2) is 7.34. The maximum absolute atomic E-state index is 12.5. The largest absolute Gasteiger partial charge is 0.508 e. The summed E-state index contributed by atoms with van der Waals surface area (Å²) in [5, 5.41) is 9.82. The number of likely N-dealkylation sites (N-methyl/N-ethyl adjacent to an activating group) is 1. The number of hydrogen-bond donors (Lipinski definition) is 1. The number of likely N-dealkylation sites (tertiary alicyclic amines) is 1. The average molecular weight is 325 g/mol. The second-order valence-electron chi connectivity index (χ2n) is 6.18. The van der Waals surface area contributed by atoms with Gasteiger partial charge in [0.15, 0.2) is 0 Å². The van der Waals surface area contributed by atoms with Crippen LogP contribution in [0.1, 0.15) is 25.8 Å². The molecule has 0 saturated carbocycles. The Hall–Kier alpha value is -1.26. The van der Waals surface area contributed by atoms with Gasteiger partial charge in [0.05, 0.1) is 6.42 Å². The highest BCUT2D eigenvalue weighted by Gasteiger charge is 2.30. The normalized spacial score (nSPS) is 22.5. The van der Waals surface area contributed by atoms with Gasteiger partial charge >= 0.3 is 0 Å². The van der Waals surface area contributed by atoms with Crippen LogP contribution in [-0.2, 0) is 11.2 Å². The molecule has 0 radical (unpaired) electrons. The maximum atomic E-state index is 12.5. The van der Waals surface area contributed by atoms with Gasteiger partial charge in [0, 0.05) is 31.2 Å². The first-order valence-electron chi connectivity index (χ1n) is 7.87. The maximum Gasteiger partial charge on any atom is 0.227 e. The number of rotatable bonds is 4. The van der Waals surface area contributed by atoms with Crippen LogP contribution in [0.3, 0.4) is 0 Å². The van der Waals surface area contributed by atoms with Crippen LogP contribution in [0.25, 0.3) is 0 Å². The van der Waals surface area contributed by atoms with Crippen LogP contribution in [-0.4, -0.2) is 53.5 Å². The van der Waals surface area contributed by atoms with E-state index in [2.05, 4.69) is 18.7 Å². The van der Waals surface area contributed by atoms with Gasteiger partial charge in [0.1, 0.15) is 5.75 Å². The topological polar surface area (TPSA) is 43.8 Å². The third kappa shape index (κ3) is 3.93. The smallest absolute Gasteiger partial charge is 0.227 e. The van der Waals surface area contributed by atoms with E-state index in [9.17, 15) is 9.90 Å². The zero-order valence-corrected chi connectivity index (χ0v) is 14.3. The molecule has 1 heterocycles. The molecule has 22 heavy (non-hydrogen) atoms. The molecule has 1 aliphatic rings. The van der Waals surface area contributed by atoms with Gasteiger partial charge in [-0.25, -0.2) is 0 Å². The lowest BCUT2D eigenvalue weighted by Gasteiger charge is -2.41. The van der Waals surface area contributed by atoms with E-state index in [1.807, 2.05) is 11.9 Å². The van der Waals surface area contributed by atoms with Crippen LogP contribution >= 0.6 is 11.6 Å². The lowest BCUT2D eigenvalue weighted by molar-refractivity contribution is -0.133. The van der Waals surface area contributed by atoms with Gasteiger partial charge in [-0.1, -0.05) is 31.5 Å². The number of carbonyl (C=O) groups is 1. The van der Waals surface area contributed by atoms with Crippen molar-refractivity contribution in [2.24, 2.45) is 5.92 Å². The summed E-state index contributed by atoms with van der Waals surface area (Å²) in [5.41, 5.74) is 0.759. The van der Waals surface area contributed by atoms with Crippen LogP contribution in [0.15, 0.2) is 18.2 Å². The third-order valence-corrected chi connectivity index (χ3v) is 5.01. The highest BCUT2D eigenvalue weighted by Crippen LogP contribution is 2.25. The molecule has 0 aromatic heterocycles. The number of piperidine rings is 1. The molecule has 1 saturated heterocycles. The molecule has 4 nitrogen and oxygen atoms in total. The molecule has 0 aliphatic carbocycles. The van der Waals surface area contributed by atoms with Crippen molar-refractivity contribution in [2.45, 2.75) is 32.7 Å². The predicted molar refractivity (Wildman–Crippen MR) is 89.3 cm³/mol. The van der Waals surface area contributed by atoms with Crippen molar-refractivity contribution < 1.29 is 9.90 Å². The van der Waals surface area contributed by atoms with E-state index in [1.54, 1.807) is 12.1 Å². The number of benzene rings is 1. The first kappa shape index (κ1) is 17.1. The molecule has 5 heteroatoms. The molecule has 122 valence electrons. The standard InChI is InChI=1S/C17H25ClN2O2/c1-4-20-8-7-16(12(2)11-20)19(3)17(22)9-13-5-6-14(21)10-15(13)18/h5-6,10,12,16,21H,4,7-9,11H2,1-3H3/t12-,16-/m1/s1. The summed E-state index contributed by atoms with van der Waals surface area (Å²) in [6.07, 6.45) is 1.29. The van der Waals surface area contributed by atoms with Crippen molar-refractivity contribution >= 4 is 17.5 Å². The van der Waals surface area contributed by atoms with Crippen molar-refractivity contribution in [1.82, 2.24) is 9.80 Å². The molecule has 1 amide bonds. The van der Waals surface area contributed by atoms with Gasteiger partial charge < -0.3 is 14.9 Å². The molecular formula is C17H25ClN2O2. The van der Waals surface area contributed by atoms with Gasteiger partial charge in [0.2, 0.25) is 5.91 Å². The predicted octanol–water partition coefficient (Wildman–Crippen LogP) is 2.78. The molecule has 1 aromatic rings. The first-order chi connectivity index (χ1) is 10.4. The number of halogens is 1. The first-order valence-corrected chi connectivity index (χ1v) is 8.25. The molecule has 1 aliphatic heterocycles. The van der Waals surface area contributed by atoms with E-state index in [0.717, 1.165) is 31.6 Å². The Kier molecular flexibility index (Phi) is 5.70. The Morgan fingerprint density at radius 2 is 2.23 bits per heavy atom. The van der Waals surface area contributed by atoms with E-state index in [4.69, 9.17) is 11.6 Å². The molecule has 0 spiro atoms. The summed E-state index contributed by atoms with van der Waals surface area (Å²) in [6, 6.07) is 5.04. The van der Waals surface area contributed by atoms with Crippen LogP contribution in [0, 0.1) is 5.92 Å². The minimum Gasteiger partial charge on any atom is -0.508 e. The Labute approximate surface area is 137 Å². The van der Waals surface area contributed by atoms with Gasteiger partial charge in [-0.15, -0.1) is 0 Å². The molecule has 2 rings (SSSR count). The SMILES string of the molecule is CCN1CC[C@@H](N(C)C(=O)Cc2ccc(O)cc2Cl)[C@H](C)C1. The zero-order chi connectivity index (χ0) is 16.3. The molecule has 1 aromatic carbocycles. The van der Waals surface area contributed by atoms with Crippen molar-refractivity contribution in [3.05, 3.63) is 28.8 Å². The molecule has 0 unspecified atom stereocenters. The van der Waals surface area contributed by atoms with Crippen molar-refractivity contribution in [3.8, 4) is 5.75 Å². The van der Waals surface area contributed by atoms with Crippen LogP contribution in [0.2, 0.25) is 5.02 Å². The number of phenols is 1. The Morgan fingerprint density at radius 1 is 1.50 bits per heavy atom. The highest BCUT2D eigenvalue weighted by molar-refractivity contribution is 6.31. The number of aromatic hydroxyl groups is 1. The van der Waals surface area contributed by atoms with Gasteiger partial charge in [-0.2, -0.15) is 0 Å². The summed E-state index contributed by atoms with van der Waals surface area (Å²) in [5.74, 6) is 0.669. The van der Waals surface area contributed by atoms with Crippen LogP contribution in [0.5, 0.6) is 5.75 Å². The Balaban J connectivity index is 2.00. The lowest BCUT2D eigenvalue weighted by atomic mass is 9.92. The second-order valence-corrected chi connectivity index (χ2v) is 6.59. The molecular weight excluding hydrogens is 300 g/mol. The van der Waals surface area contributed by atoms with E-state index in [0.29, 0.717) is 10.9 Å². The van der Waals surface area contributed by atoms with Crippen LogP contribution < -0.4 is 0 Å². The van der Waals surface area contributed by atoms with Crippen molar-refractivity contribution in [2.75, 3.05) is 26.7 Å². The minimum atomic E-state index is 0.0781. The monoisotopic (exact) mass is 324 g/mol. The molecule has 1 N–H and O–H groups in total. The Bertz CT molecular complexity index is 535. The molecule has 0 bridgehead atoms. The molecule has 2 atom stereocenters. The van der Waals surface area contributed by atoms with Gasteiger partial charge in [0.25, 0.3) is 0 Å². The zero-order valence-electron chi connectivity index (χ0n) is 13.6. The summed E-state index contributed by atoms with van der Waals surface area (Å²) in [4.78, 5) is 16.8. The number of nitrogens with zero attached hydrogens (tertiary/aromatic N) is 2. The van der Waals surface area contributed by atoms with Crippen molar-refractivity contribution in [1.29, 1.82) is 0 Å². The minimum absolute atomic E-state index is 0.0781. The highest BCUT2D eigenvalue weighted by atomic mass is 35.5. The van der Waals surface area contributed by atoms with E-state index < -0.39 is 0 Å². The third-order valence-electron chi connectivity index (χ3n) is 4.66. The number of amides is 1. The number of carbonyl (C=O) groups excluding carboxylic acids is 1. The van der Waals surface area contributed by atoms with E-state index >= 15 is 0 Å². The fourth-order valence-corrected chi connectivity index (χ4v) is 3.48. The summed E-state index contributed by atoms with van der Waals surface area (Å²) in [7, 11) is 1.89. The van der Waals surface area contributed by atoms with Gasteiger partial charge in [-0.3, -0.25) is 4.79 Å². The van der Waals surface area contributed by atoms with Crippen LogP contribution in [0.4, 0.5) is 0 Å². The lowest BCUT2D eigenvalue weighted by Crippen LogP contribution is -2.50. The summed E-state index contributed by atoms with van der Waals surface area (Å²) < 4.78 is 0. The summed E-state index contributed by atoms with van der Waals surface area (Å²) in [6.45, 7) is 7.54. The summed E-state index contributed by atoms with van der Waals surface area (Å²) >= 11 is 6.09. The number of phenolic OH excluding ortho intramolecular Hbond substituents is 1. The average Bonchev–Trinajstić information content (AvgIpc) is 2.49. The quantitative estimate of drug-likeness (QED) is 0.926. The molecule has 1 fully saturated rings. The van der Waals surface area contributed by atoms with Crippen molar-refractivity contribution in [3.63, 3.8) is 0 Å².